The van der Waals surface area contributed by atoms with Gasteiger partial charge >= 0.3 is 0 Å². The summed E-state index contributed by atoms with van der Waals surface area (Å²) < 4.78 is 29.1. The van der Waals surface area contributed by atoms with Crippen molar-refractivity contribution >= 4 is 39.0 Å². The molecule has 0 amide bonds. The zero-order valence-electron chi connectivity index (χ0n) is 31.1. The minimum atomic E-state index is -1.98. The number of hydrogen-bond donors (Lipinski definition) is 0. The molecule has 0 aromatic rings. The SMILES string of the molecule is CO/N=C1\C=C2CC[C@@H]3[C@H]([C@@H](O[Si](C)(C)C)C[C@@]4(C)[C@H]3CC[C@]4(O[Si](C)(C)C)[C@@H](CO[Si](C)(C)C)O[Si](C)(C)C)[C@@]2(C)CC1. The Kier molecular flexibility index (Phi) is 10.4. The van der Waals surface area contributed by atoms with Gasteiger partial charge in [0.1, 0.15) is 7.11 Å². The van der Waals surface area contributed by atoms with Crippen LogP contribution in [0.3, 0.4) is 0 Å². The number of fused-ring (bicyclic) bond motifs is 5. The van der Waals surface area contributed by atoms with Crippen LogP contribution in [0.1, 0.15) is 58.8 Å². The molecule has 6 nitrogen and oxygen atoms in total. The molecule has 0 saturated heterocycles. The van der Waals surface area contributed by atoms with Crippen molar-refractivity contribution in [3.05, 3.63) is 11.6 Å². The number of rotatable bonds is 11. The lowest BCUT2D eigenvalue weighted by molar-refractivity contribution is -0.192. The monoisotopic (exact) mass is 681 g/mol. The predicted molar refractivity (Wildman–Crippen MR) is 194 cm³/mol. The lowest BCUT2D eigenvalue weighted by Crippen LogP contribution is -2.67. The van der Waals surface area contributed by atoms with Crippen molar-refractivity contribution in [2.75, 3.05) is 13.7 Å². The van der Waals surface area contributed by atoms with Gasteiger partial charge in [-0.3, -0.25) is 0 Å². The average molecular weight is 682 g/mol. The van der Waals surface area contributed by atoms with Crippen LogP contribution >= 0.6 is 0 Å². The average Bonchev–Trinajstić information content (AvgIpc) is 3.10. The van der Waals surface area contributed by atoms with Crippen molar-refractivity contribution in [3.8, 4) is 0 Å². The summed E-state index contributed by atoms with van der Waals surface area (Å²) >= 11 is 0. The van der Waals surface area contributed by atoms with Gasteiger partial charge in [0.05, 0.1) is 24.0 Å². The molecular weight excluding hydrogens is 615 g/mol. The summed E-state index contributed by atoms with van der Waals surface area (Å²) in [5, 5.41) is 4.37. The van der Waals surface area contributed by atoms with Crippen LogP contribution in [-0.4, -0.2) is 70.5 Å². The maximum absolute atomic E-state index is 7.65. The third kappa shape index (κ3) is 7.63. The van der Waals surface area contributed by atoms with Crippen molar-refractivity contribution in [2.24, 2.45) is 33.7 Å². The molecule has 4 rings (SSSR count). The molecule has 0 heterocycles. The van der Waals surface area contributed by atoms with Crippen molar-refractivity contribution in [1.29, 1.82) is 0 Å². The van der Waals surface area contributed by atoms with Gasteiger partial charge in [-0.15, -0.1) is 0 Å². The summed E-state index contributed by atoms with van der Waals surface area (Å²) in [6.07, 6.45) is 10.3. The van der Waals surface area contributed by atoms with Crippen LogP contribution in [0, 0.1) is 28.6 Å². The fourth-order valence-corrected chi connectivity index (χ4v) is 14.2. The lowest BCUT2D eigenvalue weighted by atomic mass is 9.45. The van der Waals surface area contributed by atoms with Crippen molar-refractivity contribution in [1.82, 2.24) is 0 Å². The Bertz CT molecular complexity index is 1100. The van der Waals surface area contributed by atoms with E-state index in [9.17, 15) is 0 Å². The van der Waals surface area contributed by atoms with E-state index in [2.05, 4.69) is 104 Å². The van der Waals surface area contributed by atoms with Crippen LogP contribution in [0.5, 0.6) is 0 Å². The van der Waals surface area contributed by atoms with Gasteiger partial charge in [0.15, 0.2) is 33.3 Å². The third-order valence-corrected chi connectivity index (χ3v) is 15.0. The molecule has 0 radical (unpaired) electrons. The molecular formula is C34H67NO5Si4. The second kappa shape index (κ2) is 12.4. The largest absolute Gasteiger partial charge is 0.415 e. The van der Waals surface area contributed by atoms with Gasteiger partial charge in [0.25, 0.3) is 0 Å². The van der Waals surface area contributed by atoms with E-state index >= 15 is 0 Å². The lowest BCUT2D eigenvalue weighted by Gasteiger charge is -2.64. The smallest absolute Gasteiger partial charge is 0.184 e. The summed E-state index contributed by atoms with van der Waals surface area (Å²) in [7, 11) is -5.85. The first-order valence-corrected chi connectivity index (χ1v) is 31.1. The summed E-state index contributed by atoms with van der Waals surface area (Å²) in [6.45, 7) is 33.9. The molecule has 10 heteroatoms. The minimum Gasteiger partial charge on any atom is -0.415 e. The molecule has 8 atom stereocenters. The number of nitrogens with zero attached hydrogens (tertiary/aromatic N) is 1. The van der Waals surface area contributed by atoms with Crippen molar-refractivity contribution in [2.45, 2.75) is 155 Å². The number of allylic oxidation sites excluding steroid dienone is 2. The maximum Gasteiger partial charge on any atom is 0.184 e. The van der Waals surface area contributed by atoms with Gasteiger partial charge < -0.3 is 22.5 Å². The van der Waals surface area contributed by atoms with Crippen LogP contribution in [0.4, 0.5) is 0 Å². The quantitative estimate of drug-likeness (QED) is 0.161. The van der Waals surface area contributed by atoms with Crippen LogP contribution in [0.15, 0.2) is 16.8 Å². The summed E-state index contributed by atoms with van der Waals surface area (Å²) in [6, 6.07) is 0. The van der Waals surface area contributed by atoms with E-state index in [0.29, 0.717) is 24.4 Å². The van der Waals surface area contributed by atoms with Crippen LogP contribution in [0.2, 0.25) is 78.6 Å². The molecule has 254 valence electrons. The second-order valence-electron chi connectivity index (χ2n) is 18.9. The topological polar surface area (TPSA) is 58.5 Å². The number of hydrogen-bond acceptors (Lipinski definition) is 6. The maximum atomic E-state index is 7.65. The van der Waals surface area contributed by atoms with Gasteiger partial charge in [0, 0.05) is 11.5 Å². The van der Waals surface area contributed by atoms with Gasteiger partial charge in [-0.1, -0.05) is 24.6 Å². The molecule has 4 aliphatic carbocycles. The van der Waals surface area contributed by atoms with Gasteiger partial charge in [-0.25, -0.2) is 0 Å². The Morgan fingerprint density at radius 2 is 1.50 bits per heavy atom. The van der Waals surface area contributed by atoms with Gasteiger partial charge in [0.2, 0.25) is 0 Å². The molecule has 3 saturated carbocycles. The fraction of sp³-hybridized carbons (Fsp3) is 0.912. The van der Waals surface area contributed by atoms with Gasteiger partial charge in [-0.05, 0) is 153 Å². The molecule has 3 fully saturated rings. The van der Waals surface area contributed by atoms with Crippen LogP contribution in [-0.2, 0) is 22.5 Å². The Balaban J connectivity index is 1.86. The van der Waals surface area contributed by atoms with E-state index < -0.39 is 33.3 Å². The summed E-state index contributed by atoms with van der Waals surface area (Å²) in [4.78, 5) is 5.21. The highest BCUT2D eigenvalue weighted by Crippen LogP contribution is 2.70. The predicted octanol–water partition coefficient (Wildman–Crippen LogP) is 9.44. The van der Waals surface area contributed by atoms with E-state index in [4.69, 9.17) is 22.5 Å². The summed E-state index contributed by atoms with van der Waals surface area (Å²) in [5.41, 5.74) is 2.36. The fourth-order valence-electron chi connectivity index (χ4n) is 9.76. The first kappa shape index (κ1) is 36.7. The molecule has 0 aromatic heterocycles. The molecule has 0 N–H and O–H groups in total. The Morgan fingerprint density at radius 1 is 0.841 bits per heavy atom. The Labute approximate surface area is 275 Å². The molecule has 0 spiro atoms. The molecule has 0 aromatic carbocycles. The van der Waals surface area contributed by atoms with Crippen molar-refractivity contribution in [3.63, 3.8) is 0 Å². The van der Waals surface area contributed by atoms with E-state index in [1.807, 2.05) is 0 Å². The zero-order chi connectivity index (χ0) is 33.1. The van der Waals surface area contributed by atoms with E-state index in [-0.39, 0.29) is 28.6 Å². The molecule has 44 heavy (non-hydrogen) atoms. The van der Waals surface area contributed by atoms with Gasteiger partial charge in [-0.2, -0.15) is 0 Å². The van der Waals surface area contributed by atoms with Crippen LogP contribution < -0.4 is 0 Å². The highest BCUT2D eigenvalue weighted by molar-refractivity contribution is 6.71. The van der Waals surface area contributed by atoms with E-state index in [1.165, 1.54) is 12.8 Å². The summed E-state index contributed by atoms with van der Waals surface area (Å²) in [5.74, 6) is 1.70. The second-order valence-corrected chi connectivity index (χ2v) is 36.7. The molecule has 0 aliphatic heterocycles. The van der Waals surface area contributed by atoms with E-state index in [1.54, 1.807) is 12.7 Å². The standard InChI is InChI=1S/C34H67NO5Si4/c1-32-20-18-26(35-36-3)22-25(32)16-17-27-28-19-21-34(40-44(13,14)15,30(39-43(10,11)12)24-37-41(4,5)6)33(28,2)23-29(31(27)32)38-42(7,8)9/h22,27-31H,16-21,23-24H2,1-15H3/b35-26-/t27-,28-,29-,30+,31+,32-,33-,34-/m0/s1. The molecule has 4 aliphatic rings. The highest BCUT2D eigenvalue weighted by Gasteiger charge is 2.70. The first-order chi connectivity index (χ1) is 19.9. The van der Waals surface area contributed by atoms with E-state index in [0.717, 1.165) is 37.8 Å². The third-order valence-electron chi connectivity index (χ3n) is 11.0. The first-order valence-electron chi connectivity index (χ1n) is 17.4. The highest BCUT2D eigenvalue weighted by atomic mass is 28.4. The molecule has 0 unspecified atom stereocenters. The normalized spacial score (nSPS) is 38.1. The Hall–Kier alpha value is -0.0825. The Morgan fingerprint density at radius 3 is 2.05 bits per heavy atom. The zero-order valence-corrected chi connectivity index (χ0v) is 35.1. The van der Waals surface area contributed by atoms with Crippen LogP contribution in [0.25, 0.3) is 0 Å². The number of oxime groups is 1. The molecule has 0 bridgehead atoms. The minimum absolute atomic E-state index is 0.0548. The van der Waals surface area contributed by atoms with Crippen molar-refractivity contribution < 1.29 is 22.5 Å².